The van der Waals surface area contributed by atoms with Crippen LogP contribution in [0.1, 0.15) is 104 Å². The molecule has 1 N–H and O–H groups in total. The second-order valence-electron chi connectivity index (χ2n) is 12.4. The van der Waals surface area contributed by atoms with Crippen LogP contribution in [0.5, 0.6) is 0 Å². The average molecular weight is 543 g/mol. The molecule has 1 spiro atoms. The van der Waals surface area contributed by atoms with Gasteiger partial charge >= 0.3 is 0 Å². The molecule has 2 fully saturated rings. The van der Waals surface area contributed by atoms with Crippen molar-refractivity contribution in [3.05, 3.63) is 64.2 Å². The highest BCUT2D eigenvalue weighted by Gasteiger charge is 2.53. The zero-order valence-electron chi connectivity index (χ0n) is 25.1. The predicted molar refractivity (Wildman–Crippen MR) is 161 cm³/mol. The first kappa shape index (κ1) is 29.8. The Morgan fingerprint density at radius 2 is 1.75 bits per heavy atom. The molecular formula is C35H46N2O3. The van der Waals surface area contributed by atoms with Gasteiger partial charge in [-0.05, 0) is 73.3 Å². The fourth-order valence-electron chi connectivity index (χ4n) is 6.56. The standard InChI is InChI=1S/C35H46N2O3/c1-6-7-12-26-15-18-28(19-16-26)37-32(39)23-27(34(40)35(37)21-9-8-10-22-35)17-20-31(38)36-33-29(24(2)3)13-11-14-30(33)25(4)5/h13,15-16,18-19,24-25,27H,6-10,12,17,20-23H2,1-5H3,(H,36,38). The van der Waals surface area contributed by atoms with Crippen LogP contribution in [0, 0.1) is 17.8 Å². The number of allylic oxidation sites excluding steroid dienone is 3. The number of piperidine rings is 1. The van der Waals surface area contributed by atoms with E-state index in [0.29, 0.717) is 19.3 Å². The first-order chi connectivity index (χ1) is 19.2. The summed E-state index contributed by atoms with van der Waals surface area (Å²) in [7, 11) is 0. The normalized spacial score (nSPS) is 20.6. The van der Waals surface area contributed by atoms with Crippen molar-refractivity contribution in [2.75, 3.05) is 4.90 Å². The Kier molecular flexibility index (Phi) is 9.72. The van der Waals surface area contributed by atoms with Crippen LogP contribution in [-0.4, -0.2) is 23.1 Å². The minimum absolute atomic E-state index is 0.00519. The summed E-state index contributed by atoms with van der Waals surface area (Å²) >= 11 is 0. The Morgan fingerprint density at radius 3 is 2.38 bits per heavy atom. The summed E-state index contributed by atoms with van der Waals surface area (Å²) in [5.74, 6) is 0.0241. The van der Waals surface area contributed by atoms with Crippen molar-refractivity contribution < 1.29 is 14.4 Å². The van der Waals surface area contributed by atoms with E-state index in [2.05, 4.69) is 63.5 Å². The Balaban J connectivity index is 1.50. The molecule has 5 heteroatoms. The molecule has 2 amide bonds. The maximum absolute atomic E-state index is 14.2. The SMILES string of the molecule is CCCCc1ccc(N2C(=O)CC(CCC(=O)NC3=C(C(C)C)C=C=C=C3C(C)C)C(=O)C23CCCCC3)cc1. The number of hydrogen-bond acceptors (Lipinski definition) is 3. The molecule has 0 bridgehead atoms. The van der Waals surface area contributed by atoms with Crippen LogP contribution in [-0.2, 0) is 20.8 Å². The van der Waals surface area contributed by atoms with E-state index in [0.717, 1.165) is 61.1 Å². The van der Waals surface area contributed by atoms with Gasteiger partial charge in [-0.3, -0.25) is 19.3 Å². The molecule has 214 valence electrons. The molecule has 1 aromatic rings. The second kappa shape index (κ2) is 13.0. The van der Waals surface area contributed by atoms with Crippen molar-refractivity contribution in [3.8, 4) is 0 Å². The summed E-state index contributed by atoms with van der Waals surface area (Å²) in [5.41, 5.74) is 10.4. The molecular weight excluding hydrogens is 496 g/mol. The van der Waals surface area contributed by atoms with Gasteiger partial charge in [0.15, 0.2) is 5.78 Å². The number of amides is 2. The Morgan fingerprint density at radius 1 is 1.05 bits per heavy atom. The molecule has 1 aromatic carbocycles. The van der Waals surface area contributed by atoms with Gasteiger partial charge in [0.25, 0.3) is 0 Å². The van der Waals surface area contributed by atoms with Crippen molar-refractivity contribution in [1.29, 1.82) is 0 Å². The van der Waals surface area contributed by atoms with Crippen molar-refractivity contribution in [2.45, 2.75) is 111 Å². The second-order valence-corrected chi connectivity index (χ2v) is 12.4. The minimum atomic E-state index is -0.792. The van der Waals surface area contributed by atoms with Gasteiger partial charge in [0.05, 0.1) is 5.70 Å². The number of benzene rings is 1. The van der Waals surface area contributed by atoms with Crippen LogP contribution < -0.4 is 10.2 Å². The molecule has 0 aromatic heterocycles. The van der Waals surface area contributed by atoms with Crippen molar-refractivity contribution in [1.82, 2.24) is 5.32 Å². The summed E-state index contributed by atoms with van der Waals surface area (Å²) in [6.45, 7) is 10.6. The lowest BCUT2D eigenvalue weighted by Gasteiger charge is -2.50. The van der Waals surface area contributed by atoms with Gasteiger partial charge in [-0.1, -0.05) is 83.9 Å². The third kappa shape index (κ3) is 6.27. The molecule has 5 nitrogen and oxygen atoms in total. The molecule has 0 radical (unpaired) electrons. The predicted octanol–water partition coefficient (Wildman–Crippen LogP) is 7.37. The van der Waals surface area contributed by atoms with E-state index in [-0.39, 0.29) is 42.3 Å². The molecule has 4 rings (SSSR count). The lowest BCUT2D eigenvalue weighted by molar-refractivity contribution is -0.140. The van der Waals surface area contributed by atoms with Crippen molar-refractivity contribution >= 4 is 23.3 Å². The molecule has 3 aliphatic rings. The maximum Gasteiger partial charge on any atom is 0.228 e. The number of ketones is 1. The molecule has 40 heavy (non-hydrogen) atoms. The average Bonchev–Trinajstić information content (AvgIpc) is 2.94. The zero-order chi connectivity index (χ0) is 28.9. The minimum Gasteiger partial charge on any atom is -0.325 e. The highest BCUT2D eigenvalue weighted by Crippen LogP contribution is 2.44. The third-order valence-electron chi connectivity index (χ3n) is 8.80. The molecule has 1 saturated carbocycles. The summed E-state index contributed by atoms with van der Waals surface area (Å²) < 4.78 is 0. The number of rotatable bonds is 10. The van der Waals surface area contributed by atoms with Crippen molar-refractivity contribution in [3.63, 3.8) is 0 Å². The number of carbonyl (C=O) groups is 3. The lowest BCUT2D eigenvalue weighted by Crippen LogP contribution is -2.64. The molecule has 1 aliphatic heterocycles. The van der Waals surface area contributed by atoms with E-state index >= 15 is 0 Å². The van der Waals surface area contributed by atoms with Crippen molar-refractivity contribution in [2.24, 2.45) is 17.8 Å². The number of aryl methyl sites for hydroxylation is 1. The number of carbonyl (C=O) groups excluding carboxylic acids is 3. The summed E-state index contributed by atoms with van der Waals surface area (Å²) in [6.07, 6.45) is 10.3. The summed E-state index contributed by atoms with van der Waals surface area (Å²) in [6, 6.07) is 8.25. The number of unbranched alkanes of at least 4 members (excludes halogenated alkanes) is 1. The molecule has 1 atom stereocenters. The van der Waals surface area contributed by atoms with E-state index in [4.69, 9.17) is 0 Å². The quantitative estimate of drug-likeness (QED) is 0.314. The van der Waals surface area contributed by atoms with E-state index in [1.165, 1.54) is 5.56 Å². The maximum atomic E-state index is 14.2. The van der Waals surface area contributed by atoms with E-state index in [9.17, 15) is 14.4 Å². The smallest absolute Gasteiger partial charge is 0.228 e. The number of Topliss-reactive ketones (excluding diaryl/α,β-unsaturated/α-hetero) is 1. The van der Waals surface area contributed by atoms with E-state index < -0.39 is 11.5 Å². The van der Waals surface area contributed by atoms with Gasteiger partial charge in [-0.25, -0.2) is 0 Å². The van der Waals surface area contributed by atoms with Gasteiger partial charge in [0, 0.05) is 30.0 Å². The summed E-state index contributed by atoms with van der Waals surface area (Å²) in [4.78, 5) is 42.9. The Bertz CT molecular complexity index is 1250. The van der Waals surface area contributed by atoms with Crippen LogP contribution >= 0.6 is 0 Å². The topological polar surface area (TPSA) is 66.5 Å². The monoisotopic (exact) mass is 542 g/mol. The van der Waals surface area contributed by atoms with Crippen LogP contribution in [0.3, 0.4) is 0 Å². The highest BCUT2D eigenvalue weighted by atomic mass is 16.2. The first-order valence-electron chi connectivity index (χ1n) is 15.4. The largest absolute Gasteiger partial charge is 0.325 e. The van der Waals surface area contributed by atoms with Gasteiger partial charge in [0.2, 0.25) is 11.8 Å². The van der Waals surface area contributed by atoms with Gasteiger partial charge < -0.3 is 5.32 Å². The molecule has 1 unspecified atom stereocenters. The zero-order valence-corrected chi connectivity index (χ0v) is 25.1. The van der Waals surface area contributed by atoms with Gasteiger partial charge in [-0.2, -0.15) is 0 Å². The highest BCUT2D eigenvalue weighted by molar-refractivity contribution is 6.10. The molecule has 1 saturated heterocycles. The van der Waals surface area contributed by atoms with E-state index in [1.807, 2.05) is 23.1 Å². The fourth-order valence-corrected chi connectivity index (χ4v) is 6.56. The Labute approximate surface area is 240 Å². The molecule has 1 heterocycles. The molecule has 2 aliphatic carbocycles. The van der Waals surface area contributed by atoms with E-state index in [1.54, 1.807) is 0 Å². The number of nitrogens with zero attached hydrogens (tertiary/aromatic N) is 1. The van der Waals surface area contributed by atoms with Gasteiger partial charge in [0.1, 0.15) is 5.54 Å². The fraction of sp³-hybridized carbons (Fsp3) is 0.571. The Hall–Kier alpha value is -3.13. The summed E-state index contributed by atoms with van der Waals surface area (Å²) in [5, 5.41) is 3.14. The van der Waals surface area contributed by atoms with Crippen LogP contribution in [0.25, 0.3) is 0 Å². The van der Waals surface area contributed by atoms with Crippen LogP contribution in [0.15, 0.2) is 58.6 Å². The number of hydrogen-bond donors (Lipinski definition) is 1. The first-order valence-corrected chi connectivity index (χ1v) is 15.4. The van der Waals surface area contributed by atoms with Crippen LogP contribution in [0.2, 0.25) is 0 Å². The van der Waals surface area contributed by atoms with Gasteiger partial charge in [-0.15, -0.1) is 0 Å². The third-order valence-corrected chi connectivity index (χ3v) is 8.80. The van der Waals surface area contributed by atoms with Crippen LogP contribution in [0.4, 0.5) is 5.69 Å². The number of anilines is 1. The lowest BCUT2D eigenvalue weighted by atomic mass is 9.69. The number of nitrogens with one attached hydrogen (secondary N) is 1.